The Bertz CT molecular complexity index is 1570. The summed E-state index contributed by atoms with van der Waals surface area (Å²) in [5.74, 6) is -1.77. The van der Waals surface area contributed by atoms with Crippen molar-refractivity contribution in [3.8, 4) is 17.0 Å². The van der Waals surface area contributed by atoms with Crippen molar-refractivity contribution in [1.29, 1.82) is 0 Å². The normalized spacial score (nSPS) is 20.7. The number of aliphatic carboxylic acids is 2. The molecule has 5 N–H and O–H groups in total. The lowest BCUT2D eigenvalue weighted by molar-refractivity contribution is -0.134. The van der Waals surface area contributed by atoms with Gasteiger partial charge in [-0.25, -0.2) is 14.6 Å². The Morgan fingerprint density at radius 3 is 2.49 bits per heavy atom. The summed E-state index contributed by atoms with van der Waals surface area (Å²) in [5, 5.41) is 34.3. The van der Waals surface area contributed by atoms with Crippen LogP contribution in [0.15, 0.2) is 67.0 Å². The number of methoxy groups -OCH3 is 2. The summed E-state index contributed by atoms with van der Waals surface area (Å²) in [6, 6.07) is 15.7. The zero-order valence-corrected chi connectivity index (χ0v) is 28.3. The second-order valence-corrected chi connectivity index (χ2v) is 12.3. The Labute approximate surface area is 286 Å². The molecule has 2 aliphatic rings. The van der Waals surface area contributed by atoms with Gasteiger partial charge >= 0.3 is 11.9 Å². The summed E-state index contributed by atoms with van der Waals surface area (Å²) >= 11 is 0. The molecule has 5 rings (SSSR count). The van der Waals surface area contributed by atoms with Crippen LogP contribution in [0.3, 0.4) is 0 Å². The van der Waals surface area contributed by atoms with E-state index in [0.29, 0.717) is 30.8 Å². The quantitative estimate of drug-likeness (QED) is 0.175. The Kier molecular flexibility index (Phi) is 13.3. The molecule has 2 heterocycles. The van der Waals surface area contributed by atoms with Gasteiger partial charge in [-0.05, 0) is 37.8 Å². The second kappa shape index (κ2) is 17.6. The molecule has 0 unspecified atom stereocenters. The van der Waals surface area contributed by atoms with Gasteiger partial charge in [-0.2, -0.15) is 0 Å². The van der Waals surface area contributed by atoms with Gasteiger partial charge in [0.1, 0.15) is 11.4 Å². The van der Waals surface area contributed by atoms with Crippen molar-refractivity contribution in [2.45, 2.75) is 56.7 Å². The number of nitrogens with one attached hydrogen (secondary N) is 2. The Morgan fingerprint density at radius 1 is 1.08 bits per heavy atom. The number of imidazole rings is 1. The lowest BCUT2D eigenvalue weighted by Gasteiger charge is -2.41. The maximum atomic E-state index is 14.3. The maximum Gasteiger partial charge on any atom is 0.328 e. The number of carbonyl (C=O) groups is 3. The minimum absolute atomic E-state index is 0.0172. The van der Waals surface area contributed by atoms with E-state index >= 15 is 0 Å². The topological polar surface area (TPSA) is 175 Å². The third-order valence-corrected chi connectivity index (χ3v) is 8.95. The third-order valence-electron chi connectivity index (χ3n) is 8.95. The van der Waals surface area contributed by atoms with E-state index < -0.39 is 17.5 Å². The van der Waals surface area contributed by atoms with Gasteiger partial charge < -0.3 is 44.9 Å². The van der Waals surface area contributed by atoms with E-state index in [9.17, 15) is 19.5 Å². The number of hydrogen-bond acceptors (Lipinski definition) is 9. The molecule has 1 aromatic heterocycles. The fourth-order valence-electron chi connectivity index (χ4n) is 6.51. The van der Waals surface area contributed by atoms with Gasteiger partial charge in [0.15, 0.2) is 5.69 Å². The Balaban J connectivity index is 0.000000603. The number of carboxylic acid groups (broad SMARTS) is 2. The predicted octanol–water partition coefficient (Wildman–Crippen LogP) is 3.99. The molecule has 1 saturated heterocycles. The van der Waals surface area contributed by atoms with E-state index in [0.717, 1.165) is 73.6 Å². The Hall–Kier alpha value is -4.72. The van der Waals surface area contributed by atoms with Crippen LogP contribution in [0.25, 0.3) is 11.3 Å². The zero-order valence-electron chi connectivity index (χ0n) is 28.3. The van der Waals surface area contributed by atoms with Crippen LogP contribution < -0.4 is 15.4 Å². The van der Waals surface area contributed by atoms with E-state index in [4.69, 9.17) is 24.7 Å². The van der Waals surface area contributed by atoms with Crippen LogP contribution in [0.2, 0.25) is 0 Å². The third kappa shape index (κ3) is 9.68. The van der Waals surface area contributed by atoms with E-state index in [1.165, 1.54) is 0 Å². The molecule has 13 nitrogen and oxygen atoms in total. The molecule has 1 aliphatic heterocycles. The molecule has 2 fully saturated rings. The number of aryl methyl sites for hydroxylation is 1. The van der Waals surface area contributed by atoms with Crippen LogP contribution in [0.5, 0.6) is 5.75 Å². The van der Waals surface area contributed by atoms with Gasteiger partial charge in [0.05, 0.1) is 31.8 Å². The molecule has 1 amide bonds. The average molecular weight is 678 g/mol. The lowest BCUT2D eigenvalue weighted by Crippen LogP contribution is -2.54. The summed E-state index contributed by atoms with van der Waals surface area (Å²) in [7, 11) is 3.29. The number of hydrogen-bond donors (Lipinski definition) is 5. The van der Waals surface area contributed by atoms with Gasteiger partial charge in [-0.15, -0.1) is 0 Å². The number of carboxylic acids is 2. The van der Waals surface area contributed by atoms with Crippen LogP contribution in [0.1, 0.15) is 54.2 Å². The highest BCUT2D eigenvalue weighted by molar-refractivity contribution is 5.98. The van der Waals surface area contributed by atoms with Crippen LogP contribution in [-0.2, 0) is 14.3 Å². The number of ether oxygens (including phenoxy) is 2. The first kappa shape index (κ1) is 37.1. The fourth-order valence-corrected chi connectivity index (χ4v) is 6.51. The smallest absolute Gasteiger partial charge is 0.328 e. The first-order valence-electron chi connectivity index (χ1n) is 16.5. The van der Waals surface area contributed by atoms with Crippen LogP contribution in [0.4, 0.5) is 5.69 Å². The minimum atomic E-state index is -1.26. The zero-order chi connectivity index (χ0) is 35.4. The van der Waals surface area contributed by atoms with Gasteiger partial charge in [0.2, 0.25) is 0 Å². The molecule has 2 aromatic carbocycles. The first-order chi connectivity index (χ1) is 23.6. The van der Waals surface area contributed by atoms with Crippen molar-refractivity contribution in [2.75, 3.05) is 52.3 Å². The SMILES string of the molecule is COC[C@]1(O)CCCC[C@H]1n1cnc(C(=O)N2CCNC[C@H]2CCNc2cc(OC)ccc2C)c1-c1ccccc1.O=C(O)C=CC(=O)O. The molecule has 13 heteroatoms. The predicted molar refractivity (Wildman–Crippen MR) is 185 cm³/mol. The molecule has 49 heavy (non-hydrogen) atoms. The molecule has 1 saturated carbocycles. The van der Waals surface area contributed by atoms with Crippen molar-refractivity contribution in [2.24, 2.45) is 0 Å². The van der Waals surface area contributed by atoms with Crippen molar-refractivity contribution < 1.29 is 39.2 Å². The van der Waals surface area contributed by atoms with Crippen molar-refractivity contribution >= 4 is 23.5 Å². The standard InChI is InChI=1S/C32H43N5O4.C4H4O4/c1-23-12-13-26(41-3)19-27(23)34-16-14-25-20-33-17-18-36(25)31(38)29-30(24-9-5-4-6-10-24)37(22-35-29)28-11-7-8-15-32(28,39)21-40-2;5-3(6)1-2-4(7)8/h4-6,9-10,12-13,19,22,25,28,33-34,39H,7-8,11,14-18,20-21H2,1-3H3;1-2H,(H,5,6)(H,7,8)/t25-,28-,32-;/m1./s1. The van der Waals surface area contributed by atoms with Crippen LogP contribution in [0, 0.1) is 6.92 Å². The van der Waals surface area contributed by atoms with Gasteiger partial charge in [-0.3, -0.25) is 4.79 Å². The molecule has 0 radical (unpaired) electrons. The van der Waals surface area contributed by atoms with Gasteiger partial charge in [0, 0.05) is 68.8 Å². The number of rotatable bonds is 12. The fraction of sp³-hybridized carbons (Fsp3) is 0.444. The van der Waals surface area contributed by atoms with E-state index in [2.05, 4.69) is 17.6 Å². The molecular formula is C36H47N5O8. The molecule has 0 bridgehead atoms. The van der Waals surface area contributed by atoms with E-state index in [1.54, 1.807) is 20.5 Å². The number of benzene rings is 2. The second-order valence-electron chi connectivity index (χ2n) is 12.3. The number of carbonyl (C=O) groups excluding carboxylic acids is 1. The molecular weight excluding hydrogens is 630 g/mol. The molecule has 264 valence electrons. The minimum Gasteiger partial charge on any atom is -0.497 e. The van der Waals surface area contributed by atoms with Crippen molar-refractivity contribution in [3.63, 3.8) is 0 Å². The van der Waals surface area contributed by atoms with E-state index in [-0.39, 0.29) is 24.6 Å². The molecule has 3 atom stereocenters. The number of aliphatic hydroxyl groups is 1. The summed E-state index contributed by atoms with van der Waals surface area (Å²) in [6.07, 6.45) is 7.06. The monoisotopic (exact) mass is 677 g/mol. The number of nitrogens with zero attached hydrogens (tertiary/aromatic N) is 3. The summed E-state index contributed by atoms with van der Waals surface area (Å²) in [6.45, 7) is 5.11. The highest BCUT2D eigenvalue weighted by Crippen LogP contribution is 2.41. The van der Waals surface area contributed by atoms with Gasteiger partial charge in [-0.1, -0.05) is 49.2 Å². The first-order valence-corrected chi connectivity index (χ1v) is 16.5. The number of amides is 1. The molecule has 0 spiro atoms. The highest BCUT2D eigenvalue weighted by atomic mass is 16.5. The number of anilines is 1. The Morgan fingerprint density at radius 2 is 1.82 bits per heavy atom. The van der Waals surface area contributed by atoms with Crippen LogP contribution in [-0.4, -0.2) is 106 Å². The number of aromatic nitrogens is 2. The maximum absolute atomic E-state index is 14.3. The number of piperazine rings is 1. The largest absolute Gasteiger partial charge is 0.497 e. The summed E-state index contributed by atoms with van der Waals surface area (Å²) in [5.41, 5.74) is 3.28. The molecule has 3 aromatic rings. The van der Waals surface area contributed by atoms with Crippen LogP contribution >= 0.6 is 0 Å². The average Bonchev–Trinajstić information content (AvgIpc) is 3.54. The lowest BCUT2D eigenvalue weighted by atomic mass is 9.80. The highest BCUT2D eigenvalue weighted by Gasteiger charge is 2.42. The van der Waals surface area contributed by atoms with Crippen molar-refractivity contribution in [3.05, 3.63) is 78.3 Å². The molecule has 1 aliphatic carbocycles. The summed E-state index contributed by atoms with van der Waals surface area (Å²) in [4.78, 5) is 40.1. The van der Waals surface area contributed by atoms with E-state index in [1.807, 2.05) is 58.0 Å². The summed E-state index contributed by atoms with van der Waals surface area (Å²) < 4.78 is 12.9. The van der Waals surface area contributed by atoms with Gasteiger partial charge in [0.25, 0.3) is 5.91 Å². The van der Waals surface area contributed by atoms with Crippen molar-refractivity contribution in [1.82, 2.24) is 19.8 Å².